The van der Waals surface area contributed by atoms with Gasteiger partial charge in [-0.2, -0.15) is 0 Å². The third-order valence-corrected chi connectivity index (χ3v) is 4.09. The van der Waals surface area contributed by atoms with E-state index in [1.54, 1.807) is 0 Å². The first-order valence-corrected chi connectivity index (χ1v) is 7.28. The zero-order chi connectivity index (χ0) is 11.1. The Morgan fingerprint density at radius 2 is 2.12 bits per heavy atom. The van der Waals surface area contributed by atoms with E-state index in [0.29, 0.717) is 0 Å². The minimum Gasteiger partial charge on any atom is -0.316 e. The van der Waals surface area contributed by atoms with E-state index >= 15 is 0 Å². The molecule has 1 fully saturated rings. The molecule has 0 saturated carbocycles. The van der Waals surface area contributed by atoms with Crippen molar-refractivity contribution in [1.29, 1.82) is 0 Å². The number of rotatable bonds is 7. The molecule has 3 heteroatoms. The maximum atomic E-state index is 3.53. The molecular weight excluding hydrogens is 216 g/mol. The van der Waals surface area contributed by atoms with Gasteiger partial charge in [-0.05, 0) is 69.9 Å². The zero-order valence-electron chi connectivity index (χ0n) is 9.95. The summed E-state index contributed by atoms with van der Waals surface area (Å²) in [6.07, 6.45) is 5.30. The molecule has 2 nitrogen and oxygen atoms in total. The molecule has 1 N–H and O–H groups in total. The summed E-state index contributed by atoms with van der Waals surface area (Å²) in [5.74, 6) is 0. The van der Waals surface area contributed by atoms with Crippen molar-refractivity contribution in [2.24, 2.45) is 0 Å². The van der Waals surface area contributed by atoms with Crippen LogP contribution >= 0.6 is 11.3 Å². The van der Waals surface area contributed by atoms with Crippen molar-refractivity contribution in [2.45, 2.75) is 25.7 Å². The Kier molecular flexibility index (Phi) is 5.32. The number of thiophene rings is 1. The standard InChI is InChI=1S/C13H22N2S/c1-2-10-15(9-1)11-4-7-14-8-6-13-5-3-12-16-13/h3,5,12,14H,1-2,4,6-11H2. The molecule has 1 saturated heterocycles. The molecule has 0 spiro atoms. The molecular formula is C13H22N2S. The van der Waals surface area contributed by atoms with Gasteiger partial charge < -0.3 is 10.2 Å². The van der Waals surface area contributed by atoms with Gasteiger partial charge in [-0.25, -0.2) is 0 Å². The van der Waals surface area contributed by atoms with Crippen LogP contribution in [0.25, 0.3) is 0 Å². The first-order chi connectivity index (χ1) is 7.95. The second-order valence-corrected chi connectivity index (χ2v) is 5.51. The maximum Gasteiger partial charge on any atom is 0.00578 e. The van der Waals surface area contributed by atoms with Crippen LogP contribution in [0.5, 0.6) is 0 Å². The van der Waals surface area contributed by atoms with E-state index < -0.39 is 0 Å². The summed E-state index contributed by atoms with van der Waals surface area (Å²) in [7, 11) is 0. The van der Waals surface area contributed by atoms with Gasteiger partial charge in [0.15, 0.2) is 0 Å². The number of nitrogens with one attached hydrogen (secondary N) is 1. The average molecular weight is 238 g/mol. The summed E-state index contributed by atoms with van der Waals surface area (Å²) in [5, 5.41) is 5.68. The van der Waals surface area contributed by atoms with E-state index in [2.05, 4.69) is 27.7 Å². The number of nitrogens with zero attached hydrogens (tertiary/aromatic N) is 1. The van der Waals surface area contributed by atoms with Crippen molar-refractivity contribution in [3.05, 3.63) is 22.4 Å². The zero-order valence-corrected chi connectivity index (χ0v) is 10.8. The molecule has 0 bridgehead atoms. The average Bonchev–Trinajstić information content (AvgIpc) is 2.96. The van der Waals surface area contributed by atoms with Gasteiger partial charge in [0.05, 0.1) is 0 Å². The highest BCUT2D eigenvalue weighted by Gasteiger charge is 2.09. The van der Waals surface area contributed by atoms with Crippen LogP contribution < -0.4 is 5.32 Å². The quantitative estimate of drug-likeness (QED) is 0.734. The van der Waals surface area contributed by atoms with Crippen LogP contribution in [0.1, 0.15) is 24.1 Å². The van der Waals surface area contributed by atoms with Crippen LogP contribution in [0.15, 0.2) is 17.5 Å². The molecule has 1 aliphatic rings. The topological polar surface area (TPSA) is 15.3 Å². The Hall–Kier alpha value is -0.380. The van der Waals surface area contributed by atoms with Crippen LogP contribution in [0.3, 0.4) is 0 Å². The lowest BCUT2D eigenvalue weighted by molar-refractivity contribution is 0.331. The summed E-state index contributed by atoms with van der Waals surface area (Å²) in [6, 6.07) is 4.35. The van der Waals surface area contributed by atoms with E-state index in [-0.39, 0.29) is 0 Å². The van der Waals surface area contributed by atoms with Crippen molar-refractivity contribution in [3.63, 3.8) is 0 Å². The lowest BCUT2D eigenvalue weighted by Crippen LogP contribution is -2.25. The smallest absolute Gasteiger partial charge is 0.00578 e. The summed E-state index contributed by atoms with van der Waals surface area (Å²) in [6.45, 7) is 6.23. The molecule has 2 heterocycles. The molecule has 1 aliphatic heterocycles. The molecule has 0 amide bonds. The van der Waals surface area contributed by atoms with Gasteiger partial charge in [-0.15, -0.1) is 11.3 Å². The van der Waals surface area contributed by atoms with Crippen molar-refractivity contribution in [1.82, 2.24) is 10.2 Å². The summed E-state index contributed by atoms with van der Waals surface area (Å²) < 4.78 is 0. The van der Waals surface area contributed by atoms with E-state index in [9.17, 15) is 0 Å². The van der Waals surface area contributed by atoms with Gasteiger partial charge in [0, 0.05) is 4.88 Å². The molecule has 0 radical (unpaired) electrons. The van der Waals surface area contributed by atoms with Crippen molar-refractivity contribution >= 4 is 11.3 Å². The van der Waals surface area contributed by atoms with Crippen molar-refractivity contribution in [2.75, 3.05) is 32.7 Å². The predicted octanol–water partition coefficient (Wildman–Crippen LogP) is 2.37. The highest BCUT2D eigenvalue weighted by Crippen LogP contribution is 2.08. The van der Waals surface area contributed by atoms with Crippen molar-refractivity contribution < 1.29 is 0 Å². The summed E-state index contributed by atoms with van der Waals surface area (Å²) in [4.78, 5) is 4.08. The first kappa shape index (κ1) is 12.1. The minimum absolute atomic E-state index is 1.13. The fourth-order valence-electron chi connectivity index (χ4n) is 2.23. The van der Waals surface area contributed by atoms with Gasteiger partial charge in [0.1, 0.15) is 0 Å². The van der Waals surface area contributed by atoms with Gasteiger partial charge >= 0.3 is 0 Å². The van der Waals surface area contributed by atoms with Crippen molar-refractivity contribution in [3.8, 4) is 0 Å². The Morgan fingerprint density at radius 1 is 1.25 bits per heavy atom. The monoisotopic (exact) mass is 238 g/mol. The molecule has 1 aromatic rings. The second-order valence-electron chi connectivity index (χ2n) is 4.48. The third kappa shape index (κ3) is 4.24. The normalized spacial score (nSPS) is 17.0. The third-order valence-electron chi connectivity index (χ3n) is 3.15. The highest BCUT2D eigenvalue weighted by atomic mass is 32.1. The number of likely N-dealkylation sites (tertiary alicyclic amines) is 1. The molecule has 16 heavy (non-hydrogen) atoms. The van der Waals surface area contributed by atoms with Crippen LogP contribution in [-0.2, 0) is 6.42 Å². The molecule has 1 aromatic heterocycles. The van der Waals surface area contributed by atoms with Crippen LogP contribution in [-0.4, -0.2) is 37.6 Å². The SMILES string of the molecule is c1csc(CCNCCCN2CCCC2)c1. The Labute approximate surface area is 103 Å². The van der Waals surface area contributed by atoms with Gasteiger partial charge in [-0.1, -0.05) is 6.07 Å². The molecule has 0 aliphatic carbocycles. The van der Waals surface area contributed by atoms with E-state index in [4.69, 9.17) is 0 Å². The van der Waals surface area contributed by atoms with Gasteiger partial charge in [0.2, 0.25) is 0 Å². The van der Waals surface area contributed by atoms with E-state index in [1.807, 2.05) is 11.3 Å². The lowest BCUT2D eigenvalue weighted by Gasteiger charge is -2.14. The fourth-order valence-corrected chi connectivity index (χ4v) is 2.93. The Balaban J connectivity index is 1.43. The number of hydrogen-bond acceptors (Lipinski definition) is 3. The molecule has 0 unspecified atom stereocenters. The summed E-state index contributed by atoms with van der Waals surface area (Å²) in [5.41, 5.74) is 0. The van der Waals surface area contributed by atoms with Gasteiger partial charge in [0.25, 0.3) is 0 Å². The van der Waals surface area contributed by atoms with Crippen LogP contribution in [0, 0.1) is 0 Å². The van der Waals surface area contributed by atoms with Crippen LogP contribution in [0.4, 0.5) is 0 Å². The minimum atomic E-state index is 1.13. The van der Waals surface area contributed by atoms with Crippen LogP contribution in [0.2, 0.25) is 0 Å². The molecule has 0 aromatic carbocycles. The molecule has 2 rings (SSSR count). The number of hydrogen-bond donors (Lipinski definition) is 1. The molecule has 90 valence electrons. The fraction of sp³-hybridized carbons (Fsp3) is 0.692. The first-order valence-electron chi connectivity index (χ1n) is 6.40. The predicted molar refractivity (Wildman–Crippen MR) is 71.2 cm³/mol. The van der Waals surface area contributed by atoms with Gasteiger partial charge in [-0.3, -0.25) is 0 Å². The Morgan fingerprint density at radius 3 is 2.88 bits per heavy atom. The highest BCUT2D eigenvalue weighted by molar-refractivity contribution is 7.09. The van der Waals surface area contributed by atoms with E-state index in [1.165, 1.54) is 56.7 Å². The second kappa shape index (κ2) is 7.05. The lowest BCUT2D eigenvalue weighted by atomic mass is 10.3. The Bertz CT molecular complexity index is 265. The maximum absolute atomic E-state index is 3.53. The largest absolute Gasteiger partial charge is 0.316 e. The molecule has 0 atom stereocenters. The summed E-state index contributed by atoms with van der Waals surface area (Å²) >= 11 is 1.86. The van der Waals surface area contributed by atoms with E-state index in [0.717, 1.165) is 6.54 Å².